The minimum atomic E-state index is -3.71. The Labute approximate surface area is 115 Å². The fourth-order valence-electron chi connectivity index (χ4n) is 1.48. The second kappa shape index (κ2) is 6.22. The summed E-state index contributed by atoms with van der Waals surface area (Å²) in [6.45, 7) is 1.74. The number of nitro groups is 1. The van der Waals surface area contributed by atoms with Crippen LogP contribution in [-0.2, 0) is 10.0 Å². The maximum absolute atomic E-state index is 12.0. The fraction of sp³-hybridized carbons (Fsp3) is 0.400. The molecule has 0 heterocycles. The lowest BCUT2D eigenvalue weighted by Crippen LogP contribution is -2.34. The van der Waals surface area contributed by atoms with Crippen molar-refractivity contribution in [2.75, 3.05) is 17.7 Å². The number of hydrogen-bond donors (Lipinski definition) is 2. The Kier molecular flexibility index (Phi) is 5.15. The van der Waals surface area contributed by atoms with Crippen LogP contribution in [0.1, 0.15) is 6.92 Å². The summed E-state index contributed by atoms with van der Waals surface area (Å²) in [4.78, 5) is 9.87. The molecule has 3 N–H and O–H groups in total. The molecular weight excluding hydrogens is 290 g/mol. The summed E-state index contributed by atoms with van der Waals surface area (Å²) in [5.74, 6) is 0.627. The number of thioether (sulfide) groups is 1. The predicted molar refractivity (Wildman–Crippen MR) is 75.7 cm³/mol. The minimum absolute atomic E-state index is 0.0800. The largest absolute Gasteiger partial charge is 0.393 e. The first-order chi connectivity index (χ1) is 8.77. The summed E-state index contributed by atoms with van der Waals surface area (Å²) in [6, 6.07) is 3.11. The van der Waals surface area contributed by atoms with E-state index >= 15 is 0 Å². The number of sulfonamides is 1. The molecule has 0 saturated carbocycles. The van der Waals surface area contributed by atoms with Crippen LogP contribution in [0.3, 0.4) is 0 Å². The van der Waals surface area contributed by atoms with Crippen molar-refractivity contribution in [3.63, 3.8) is 0 Å². The van der Waals surface area contributed by atoms with Gasteiger partial charge in [-0.2, -0.15) is 11.8 Å². The van der Waals surface area contributed by atoms with Gasteiger partial charge in [-0.3, -0.25) is 10.1 Å². The standard InChI is InChI=1S/C10H15N3O4S2/c1-7(6-18-2)12-19(16,17)8-3-4-10(13(14)15)9(11)5-8/h3-5,7,12H,6,11H2,1-2H3. The molecule has 0 aromatic heterocycles. The summed E-state index contributed by atoms with van der Waals surface area (Å²) < 4.78 is 26.5. The third-order valence-electron chi connectivity index (χ3n) is 2.28. The minimum Gasteiger partial charge on any atom is -0.393 e. The number of nitrogens with two attached hydrogens (primary N) is 1. The van der Waals surface area contributed by atoms with Crippen molar-refractivity contribution in [2.45, 2.75) is 17.9 Å². The molecule has 0 spiro atoms. The number of anilines is 1. The molecule has 0 aliphatic rings. The highest BCUT2D eigenvalue weighted by atomic mass is 32.2. The van der Waals surface area contributed by atoms with Crippen LogP contribution in [0, 0.1) is 10.1 Å². The van der Waals surface area contributed by atoms with Crippen molar-refractivity contribution in [3.8, 4) is 0 Å². The third-order valence-corrected chi connectivity index (χ3v) is 4.70. The Bertz CT molecular complexity index is 574. The van der Waals surface area contributed by atoms with E-state index in [2.05, 4.69) is 4.72 Å². The zero-order chi connectivity index (χ0) is 14.6. The molecule has 0 bridgehead atoms. The Morgan fingerprint density at radius 3 is 2.63 bits per heavy atom. The molecule has 1 aromatic carbocycles. The highest BCUT2D eigenvalue weighted by Gasteiger charge is 2.20. The zero-order valence-corrected chi connectivity index (χ0v) is 12.1. The number of nitrogens with one attached hydrogen (secondary N) is 1. The van der Waals surface area contributed by atoms with E-state index in [9.17, 15) is 18.5 Å². The maximum Gasteiger partial charge on any atom is 0.292 e. The van der Waals surface area contributed by atoms with Crippen LogP contribution < -0.4 is 10.5 Å². The van der Waals surface area contributed by atoms with Gasteiger partial charge >= 0.3 is 0 Å². The highest BCUT2D eigenvalue weighted by Crippen LogP contribution is 2.24. The first kappa shape index (κ1) is 15.7. The van der Waals surface area contributed by atoms with Gasteiger partial charge in [0.25, 0.3) is 5.69 Å². The molecule has 0 aliphatic carbocycles. The van der Waals surface area contributed by atoms with Crippen LogP contribution >= 0.6 is 11.8 Å². The smallest absolute Gasteiger partial charge is 0.292 e. The van der Waals surface area contributed by atoms with Gasteiger partial charge in [-0.15, -0.1) is 0 Å². The van der Waals surface area contributed by atoms with Gasteiger partial charge in [0.2, 0.25) is 10.0 Å². The van der Waals surface area contributed by atoms with Crippen LogP contribution in [0.5, 0.6) is 0 Å². The second-order valence-electron chi connectivity index (χ2n) is 3.96. The van der Waals surface area contributed by atoms with Crippen LogP contribution in [0.4, 0.5) is 11.4 Å². The highest BCUT2D eigenvalue weighted by molar-refractivity contribution is 7.98. The molecule has 0 aliphatic heterocycles. The number of nitro benzene ring substituents is 1. The van der Waals surface area contributed by atoms with Gasteiger partial charge in [-0.05, 0) is 25.3 Å². The lowest BCUT2D eigenvalue weighted by molar-refractivity contribution is -0.383. The van der Waals surface area contributed by atoms with E-state index in [1.54, 1.807) is 6.92 Å². The zero-order valence-electron chi connectivity index (χ0n) is 10.5. The van der Waals surface area contributed by atoms with Gasteiger partial charge in [0.15, 0.2) is 0 Å². The molecule has 106 valence electrons. The molecule has 0 saturated heterocycles. The van der Waals surface area contributed by atoms with Crippen molar-refractivity contribution in [1.29, 1.82) is 0 Å². The van der Waals surface area contributed by atoms with E-state index in [4.69, 9.17) is 5.73 Å². The molecule has 1 atom stereocenters. The quantitative estimate of drug-likeness (QED) is 0.463. The molecule has 0 amide bonds. The molecule has 1 aromatic rings. The molecule has 0 radical (unpaired) electrons. The molecule has 1 unspecified atom stereocenters. The van der Waals surface area contributed by atoms with Crippen molar-refractivity contribution in [3.05, 3.63) is 28.3 Å². The molecule has 1 rings (SSSR count). The summed E-state index contributed by atoms with van der Waals surface area (Å²) >= 11 is 1.51. The lowest BCUT2D eigenvalue weighted by atomic mass is 10.3. The van der Waals surface area contributed by atoms with Gasteiger partial charge in [-0.25, -0.2) is 13.1 Å². The summed E-state index contributed by atoms with van der Waals surface area (Å²) in [5.41, 5.74) is 4.99. The number of hydrogen-bond acceptors (Lipinski definition) is 6. The molecule has 19 heavy (non-hydrogen) atoms. The van der Waals surface area contributed by atoms with Crippen molar-refractivity contribution >= 4 is 33.2 Å². The Morgan fingerprint density at radius 1 is 1.53 bits per heavy atom. The van der Waals surface area contributed by atoms with E-state index < -0.39 is 14.9 Å². The third kappa shape index (κ3) is 4.08. The van der Waals surface area contributed by atoms with Crippen LogP contribution in [0.2, 0.25) is 0 Å². The fourth-order valence-corrected chi connectivity index (χ4v) is 3.45. The van der Waals surface area contributed by atoms with Crippen LogP contribution in [0.25, 0.3) is 0 Å². The van der Waals surface area contributed by atoms with Crippen LogP contribution in [0.15, 0.2) is 23.1 Å². The first-order valence-electron chi connectivity index (χ1n) is 5.33. The van der Waals surface area contributed by atoms with Gasteiger partial charge in [0, 0.05) is 17.9 Å². The van der Waals surface area contributed by atoms with Crippen molar-refractivity contribution in [1.82, 2.24) is 4.72 Å². The van der Waals surface area contributed by atoms with Crippen LogP contribution in [-0.4, -0.2) is 31.4 Å². The van der Waals surface area contributed by atoms with Gasteiger partial charge < -0.3 is 5.73 Å². The average Bonchev–Trinajstić information content (AvgIpc) is 2.27. The van der Waals surface area contributed by atoms with Gasteiger partial charge in [0.1, 0.15) is 5.69 Å². The molecule has 9 heteroatoms. The van der Waals surface area contributed by atoms with Gasteiger partial charge in [0.05, 0.1) is 9.82 Å². The topological polar surface area (TPSA) is 115 Å². The predicted octanol–water partition coefficient (Wildman–Crippen LogP) is 1.21. The summed E-state index contributed by atoms with van der Waals surface area (Å²) in [7, 11) is -3.71. The molecule has 0 fully saturated rings. The SMILES string of the molecule is CSCC(C)NS(=O)(=O)c1ccc([N+](=O)[O-])c(N)c1. The van der Waals surface area contributed by atoms with E-state index in [1.807, 2.05) is 6.26 Å². The van der Waals surface area contributed by atoms with E-state index in [0.29, 0.717) is 5.75 Å². The Hall–Kier alpha value is -1.32. The number of nitrogens with zero attached hydrogens (tertiary/aromatic N) is 1. The number of nitrogen functional groups attached to an aromatic ring is 1. The molecule has 7 nitrogen and oxygen atoms in total. The van der Waals surface area contributed by atoms with Gasteiger partial charge in [-0.1, -0.05) is 0 Å². The van der Waals surface area contributed by atoms with E-state index in [-0.39, 0.29) is 22.3 Å². The summed E-state index contributed by atoms with van der Waals surface area (Å²) in [6.07, 6.45) is 1.87. The second-order valence-corrected chi connectivity index (χ2v) is 6.58. The van der Waals surface area contributed by atoms with Crippen molar-refractivity contribution in [2.24, 2.45) is 0 Å². The van der Waals surface area contributed by atoms with E-state index in [0.717, 1.165) is 12.1 Å². The first-order valence-corrected chi connectivity index (χ1v) is 8.21. The normalized spacial score (nSPS) is 13.2. The van der Waals surface area contributed by atoms with Crippen molar-refractivity contribution < 1.29 is 13.3 Å². The maximum atomic E-state index is 12.0. The average molecular weight is 305 g/mol. The lowest BCUT2D eigenvalue weighted by Gasteiger charge is -2.13. The Balaban J connectivity index is 3.03. The molecular formula is C10H15N3O4S2. The monoisotopic (exact) mass is 305 g/mol. The number of rotatable bonds is 6. The Morgan fingerprint density at radius 2 is 2.16 bits per heavy atom. The number of benzene rings is 1. The summed E-state index contributed by atoms with van der Waals surface area (Å²) in [5, 5.41) is 10.6. The van der Waals surface area contributed by atoms with E-state index in [1.165, 1.54) is 17.8 Å².